The number of rotatable bonds is 10. The molecule has 20 heavy (non-hydrogen) atoms. The summed E-state index contributed by atoms with van der Waals surface area (Å²) >= 11 is 0. The minimum absolute atomic E-state index is 0.236. The Morgan fingerprint density at radius 3 is 2.65 bits per heavy atom. The maximum absolute atomic E-state index is 5.80. The average Bonchev–Trinajstić information content (AvgIpc) is 2.44. The predicted octanol–water partition coefficient (Wildman–Crippen LogP) is 3.00. The van der Waals surface area contributed by atoms with Crippen LogP contribution in [0.4, 0.5) is 0 Å². The zero-order valence-corrected chi connectivity index (χ0v) is 13.1. The molecule has 4 nitrogen and oxygen atoms in total. The van der Waals surface area contributed by atoms with Crippen LogP contribution in [0.1, 0.15) is 32.8 Å². The normalized spacial score (nSPS) is 10.8. The highest BCUT2D eigenvalue weighted by Gasteiger charge is 2.06. The van der Waals surface area contributed by atoms with Crippen LogP contribution in [-0.2, 0) is 11.3 Å². The van der Waals surface area contributed by atoms with Crippen LogP contribution in [-0.4, -0.2) is 33.0 Å². The molecule has 1 aromatic rings. The molecular weight excluding hydrogens is 254 g/mol. The van der Waals surface area contributed by atoms with Gasteiger partial charge in [-0.25, -0.2) is 0 Å². The van der Waals surface area contributed by atoms with E-state index in [1.807, 2.05) is 32.0 Å². The molecule has 0 atom stereocenters. The Kier molecular flexibility index (Phi) is 8.07. The third-order valence-corrected chi connectivity index (χ3v) is 2.80. The van der Waals surface area contributed by atoms with E-state index in [0.29, 0.717) is 13.2 Å². The predicted molar refractivity (Wildman–Crippen MR) is 81.6 cm³/mol. The lowest BCUT2D eigenvalue weighted by Crippen LogP contribution is -2.16. The summed E-state index contributed by atoms with van der Waals surface area (Å²) in [4.78, 5) is 0. The largest absolute Gasteiger partial charge is 0.497 e. The van der Waals surface area contributed by atoms with Crippen molar-refractivity contribution in [2.24, 2.45) is 0 Å². The first-order valence-electron chi connectivity index (χ1n) is 7.29. The summed E-state index contributed by atoms with van der Waals surface area (Å²) in [6.45, 7) is 9.13. The molecule has 0 bridgehead atoms. The molecule has 0 unspecified atom stereocenters. The van der Waals surface area contributed by atoms with Crippen molar-refractivity contribution < 1.29 is 14.2 Å². The first-order valence-corrected chi connectivity index (χ1v) is 7.29. The highest BCUT2D eigenvalue weighted by atomic mass is 16.5. The van der Waals surface area contributed by atoms with Gasteiger partial charge in [-0.05, 0) is 45.0 Å². The first-order chi connectivity index (χ1) is 9.67. The molecule has 0 aliphatic carbocycles. The van der Waals surface area contributed by atoms with E-state index in [1.165, 1.54) is 0 Å². The first kappa shape index (κ1) is 16.8. The summed E-state index contributed by atoms with van der Waals surface area (Å²) in [6, 6.07) is 5.89. The van der Waals surface area contributed by atoms with Gasteiger partial charge in [-0.3, -0.25) is 0 Å². The molecule has 1 aromatic carbocycles. The quantitative estimate of drug-likeness (QED) is 0.669. The van der Waals surface area contributed by atoms with Gasteiger partial charge in [0.05, 0.1) is 19.8 Å². The zero-order valence-electron chi connectivity index (χ0n) is 13.1. The van der Waals surface area contributed by atoms with Crippen molar-refractivity contribution in [2.45, 2.75) is 39.8 Å². The molecule has 0 amide bonds. The minimum atomic E-state index is 0.236. The second-order valence-corrected chi connectivity index (χ2v) is 4.92. The SMILES string of the molecule is CCCNCc1cc(OC)ccc1OCCOC(C)C. The van der Waals surface area contributed by atoms with Crippen LogP contribution < -0.4 is 14.8 Å². The second kappa shape index (κ2) is 9.61. The van der Waals surface area contributed by atoms with Gasteiger partial charge in [-0.15, -0.1) is 0 Å². The van der Waals surface area contributed by atoms with Crippen LogP contribution in [0.15, 0.2) is 18.2 Å². The topological polar surface area (TPSA) is 39.7 Å². The average molecular weight is 281 g/mol. The molecule has 0 aliphatic rings. The van der Waals surface area contributed by atoms with Crippen LogP contribution in [0.2, 0.25) is 0 Å². The van der Waals surface area contributed by atoms with Gasteiger partial charge in [0.2, 0.25) is 0 Å². The van der Waals surface area contributed by atoms with Crippen molar-refractivity contribution in [3.63, 3.8) is 0 Å². The van der Waals surface area contributed by atoms with Crippen LogP contribution >= 0.6 is 0 Å². The van der Waals surface area contributed by atoms with E-state index in [4.69, 9.17) is 14.2 Å². The second-order valence-electron chi connectivity index (χ2n) is 4.92. The Morgan fingerprint density at radius 2 is 2.00 bits per heavy atom. The van der Waals surface area contributed by atoms with Crippen molar-refractivity contribution in [3.05, 3.63) is 23.8 Å². The van der Waals surface area contributed by atoms with Crippen molar-refractivity contribution in [1.29, 1.82) is 0 Å². The molecule has 114 valence electrons. The summed E-state index contributed by atoms with van der Waals surface area (Å²) in [5.41, 5.74) is 1.11. The molecule has 0 aliphatic heterocycles. The summed E-state index contributed by atoms with van der Waals surface area (Å²) in [6.07, 6.45) is 1.35. The maximum atomic E-state index is 5.80. The Bertz CT molecular complexity index is 380. The van der Waals surface area contributed by atoms with E-state index in [-0.39, 0.29) is 6.10 Å². The lowest BCUT2D eigenvalue weighted by molar-refractivity contribution is 0.0550. The fourth-order valence-corrected chi connectivity index (χ4v) is 1.80. The molecule has 1 rings (SSSR count). The van der Waals surface area contributed by atoms with E-state index in [1.54, 1.807) is 7.11 Å². The smallest absolute Gasteiger partial charge is 0.124 e. The Balaban J connectivity index is 2.57. The van der Waals surface area contributed by atoms with Gasteiger partial charge in [0, 0.05) is 12.1 Å². The number of methoxy groups -OCH3 is 1. The monoisotopic (exact) mass is 281 g/mol. The fraction of sp³-hybridized carbons (Fsp3) is 0.625. The van der Waals surface area contributed by atoms with Crippen LogP contribution in [0, 0.1) is 0 Å². The van der Waals surface area contributed by atoms with Gasteiger partial charge >= 0.3 is 0 Å². The van der Waals surface area contributed by atoms with E-state index >= 15 is 0 Å². The van der Waals surface area contributed by atoms with Gasteiger partial charge in [0.15, 0.2) is 0 Å². The van der Waals surface area contributed by atoms with Crippen LogP contribution in [0.25, 0.3) is 0 Å². The third-order valence-electron chi connectivity index (χ3n) is 2.80. The fourth-order valence-electron chi connectivity index (χ4n) is 1.80. The number of benzene rings is 1. The number of hydrogen-bond donors (Lipinski definition) is 1. The highest BCUT2D eigenvalue weighted by molar-refractivity contribution is 5.40. The number of ether oxygens (including phenoxy) is 3. The van der Waals surface area contributed by atoms with Gasteiger partial charge in [0.25, 0.3) is 0 Å². The lowest BCUT2D eigenvalue weighted by atomic mass is 10.2. The minimum Gasteiger partial charge on any atom is -0.497 e. The van der Waals surface area contributed by atoms with Crippen molar-refractivity contribution in [1.82, 2.24) is 5.32 Å². The number of hydrogen-bond acceptors (Lipinski definition) is 4. The van der Waals surface area contributed by atoms with Crippen LogP contribution in [0.5, 0.6) is 11.5 Å². The maximum Gasteiger partial charge on any atom is 0.124 e. The molecule has 1 N–H and O–H groups in total. The third kappa shape index (κ3) is 6.26. The van der Waals surface area contributed by atoms with Gasteiger partial charge in [-0.1, -0.05) is 6.92 Å². The summed E-state index contributed by atoms with van der Waals surface area (Å²) in [5.74, 6) is 1.74. The number of nitrogens with one attached hydrogen (secondary N) is 1. The highest BCUT2D eigenvalue weighted by Crippen LogP contribution is 2.24. The molecule has 0 radical (unpaired) electrons. The molecule has 0 aromatic heterocycles. The molecule has 0 saturated heterocycles. The Hall–Kier alpha value is -1.26. The molecule has 0 heterocycles. The zero-order chi connectivity index (χ0) is 14.8. The van der Waals surface area contributed by atoms with Crippen molar-refractivity contribution >= 4 is 0 Å². The lowest BCUT2D eigenvalue weighted by Gasteiger charge is -2.14. The van der Waals surface area contributed by atoms with E-state index < -0.39 is 0 Å². The molecule has 0 fully saturated rings. The van der Waals surface area contributed by atoms with Crippen LogP contribution in [0.3, 0.4) is 0 Å². The van der Waals surface area contributed by atoms with Crippen molar-refractivity contribution in [2.75, 3.05) is 26.9 Å². The molecule has 4 heteroatoms. The van der Waals surface area contributed by atoms with Gasteiger partial charge in [-0.2, -0.15) is 0 Å². The van der Waals surface area contributed by atoms with Gasteiger partial charge in [0.1, 0.15) is 18.1 Å². The molecule has 0 spiro atoms. The molecule has 0 saturated carbocycles. The van der Waals surface area contributed by atoms with E-state index in [2.05, 4.69) is 12.2 Å². The summed E-state index contributed by atoms with van der Waals surface area (Å²) < 4.78 is 16.5. The summed E-state index contributed by atoms with van der Waals surface area (Å²) in [7, 11) is 1.68. The standard InChI is InChI=1S/C16H27NO3/c1-5-8-17-12-14-11-15(18-4)6-7-16(14)20-10-9-19-13(2)3/h6-7,11,13,17H,5,8-10,12H2,1-4H3. The van der Waals surface area contributed by atoms with Crippen molar-refractivity contribution in [3.8, 4) is 11.5 Å². The Labute approximate surface area is 122 Å². The molecular formula is C16H27NO3. The van der Waals surface area contributed by atoms with E-state index in [9.17, 15) is 0 Å². The summed E-state index contributed by atoms with van der Waals surface area (Å²) in [5, 5.41) is 3.38. The van der Waals surface area contributed by atoms with E-state index in [0.717, 1.165) is 36.6 Å². The Morgan fingerprint density at radius 1 is 1.20 bits per heavy atom. The van der Waals surface area contributed by atoms with Gasteiger partial charge < -0.3 is 19.5 Å².